The fraction of sp³-hybridized carbons (Fsp3) is 0.333. The lowest BCUT2D eigenvalue weighted by Gasteiger charge is -2.24. The zero-order chi connectivity index (χ0) is 22.0. The number of nitrogens with zero attached hydrogens (tertiary/aromatic N) is 1. The van der Waals surface area contributed by atoms with Crippen molar-refractivity contribution in [2.45, 2.75) is 33.1 Å². The van der Waals surface area contributed by atoms with Gasteiger partial charge in [0.15, 0.2) is 5.75 Å². The van der Waals surface area contributed by atoms with E-state index in [1.807, 2.05) is 27.7 Å². The second kappa shape index (κ2) is 8.24. The number of hydrogen-bond donors (Lipinski definition) is 2. The van der Waals surface area contributed by atoms with Gasteiger partial charge in [-0.25, -0.2) is 8.42 Å². The molecule has 1 amide bonds. The molecule has 8 heteroatoms. The van der Waals surface area contributed by atoms with Gasteiger partial charge in [-0.3, -0.25) is 14.5 Å². The lowest BCUT2D eigenvalue weighted by molar-refractivity contribution is 0.102. The quantitative estimate of drug-likeness (QED) is 0.687. The van der Waals surface area contributed by atoms with E-state index < -0.39 is 10.0 Å². The van der Waals surface area contributed by atoms with Crippen molar-refractivity contribution >= 4 is 39.7 Å². The largest absolute Gasteiger partial charge is 0.492 e. The molecule has 7 nitrogen and oxygen atoms in total. The van der Waals surface area contributed by atoms with Crippen LogP contribution in [0, 0.1) is 6.92 Å². The Morgan fingerprint density at radius 3 is 2.28 bits per heavy atom. The lowest BCUT2D eigenvalue weighted by Crippen LogP contribution is -2.18. The first-order chi connectivity index (χ1) is 13.4. The van der Waals surface area contributed by atoms with Gasteiger partial charge >= 0.3 is 0 Å². The molecule has 0 heterocycles. The molecule has 0 bridgehead atoms. The van der Waals surface area contributed by atoms with Crippen LogP contribution in [0.25, 0.3) is 0 Å². The summed E-state index contributed by atoms with van der Waals surface area (Å²) in [6.07, 6.45) is 1.06. The van der Waals surface area contributed by atoms with Gasteiger partial charge < -0.3 is 10.1 Å². The normalized spacial score (nSPS) is 11.7. The Morgan fingerprint density at radius 1 is 1.14 bits per heavy atom. The molecule has 0 aromatic heterocycles. The van der Waals surface area contributed by atoms with Gasteiger partial charge in [-0.1, -0.05) is 26.8 Å². The highest BCUT2D eigenvalue weighted by Gasteiger charge is 2.22. The Bertz CT molecular complexity index is 1050. The molecule has 0 aliphatic rings. The Balaban J connectivity index is 2.56. The highest BCUT2D eigenvalue weighted by molar-refractivity contribution is 7.92. The molecule has 0 saturated heterocycles. The van der Waals surface area contributed by atoms with Crippen molar-refractivity contribution in [1.29, 1.82) is 0 Å². The van der Waals surface area contributed by atoms with Crippen molar-refractivity contribution in [3.8, 4) is 5.75 Å². The van der Waals surface area contributed by atoms with Crippen LogP contribution in [0.2, 0.25) is 0 Å². The molecule has 0 aliphatic carbocycles. The molecule has 2 N–H and O–H groups in total. The van der Waals surface area contributed by atoms with E-state index in [4.69, 9.17) is 4.74 Å². The second-order valence-electron chi connectivity index (χ2n) is 7.84. The number of ether oxygens (including phenoxy) is 1. The van der Waals surface area contributed by atoms with Crippen molar-refractivity contribution in [2.24, 2.45) is 4.99 Å². The third-order valence-electron chi connectivity index (χ3n) is 4.34. The zero-order valence-corrected chi connectivity index (χ0v) is 18.4. The SMILES string of the molecule is C=Nc1cc(C(=O)Nc2cc(C(C)(C)C)cc(NS(C)(=O)=O)c2OC)ccc1C. The first-order valence-electron chi connectivity index (χ1n) is 8.94. The van der Waals surface area contributed by atoms with Crippen LogP contribution in [-0.4, -0.2) is 34.4 Å². The van der Waals surface area contributed by atoms with Gasteiger partial charge in [0, 0.05) is 5.56 Å². The Hall–Kier alpha value is -2.87. The van der Waals surface area contributed by atoms with Gasteiger partial charge in [-0.2, -0.15) is 0 Å². The third-order valence-corrected chi connectivity index (χ3v) is 4.94. The fourth-order valence-electron chi connectivity index (χ4n) is 2.77. The molecule has 0 radical (unpaired) electrons. The van der Waals surface area contributed by atoms with Crippen LogP contribution in [0.15, 0.2) is 35.3 Å². The first kappa shape index (κ1) is 22.4. The summed E-state index contributed by atoms with van der Waals surface area (Å²) < 4.78 is 31.5. The van der Waals surface area contributed by atoms with Gasteiger partial charge in [0.25, 0.3) is 5.91 Å². The number of nitrogens with one attached hydrogen (secondary N) is 2. The number of aliphatic imine (C=N–C) groups is 1. The summed E-state index contributed by atoms with van der Waals surface area (Å²) in [6, 6.07) is 8.62. The summed E-state index contributed by atoms with van der Waals surface area (Å²) in [6.45, 7) is 11.4. The molecule has 2 aromatic rings. The lowest BCUT2D eigenvalue weighted by atomic mass is 9.86. The number of sulfonamides is 1. The Labute approximate surface area is 172 Å². The smallest absolute Gasteiger partial charge is 0.255 e. The van der Waals surface area contributed by atoms with Crippen LogP contribution in [0.5, 0.6) is 5.75 Å². The minimum atomic E-state index is -3.55. The molecule has 29 heavy (non-hydrogen) atoms. The van der Waals surface area contributed by atoms with Gasteiger partial charge in [0.05, 0.1) is 30.4 Å². The van der Waals surface area contributed by atoms with Gasteiger partial charge in [0.1, 0.15) is 0 Å². The summed E-state index contributed by atoms with van der Waals surface area (Å²) in [7, 11) is -2.13. The van der Waals surface area contributed by atoms with E-state index in [0.717, 1.165) is 17.4 Å². The van der Waals surface area contributed by atoms with Gasteiger partial charge in [0.2, 0.25) is 10.0 Å². The van der Waals surface area contributed by atoms with E-state index in [9.17, 15) is 13.2 Å². The van der Waals surface area contributed by atoms with Crippen molar-refractivity contribution < 1.29 is 17.9 Å². The summed E-state index contributed by atoms with van der Waals surface area (Å²) in [5, 5.41) is 2.83. The Morgan fingerprint density at radius 2 is 1.76 bits per heavy atom. The number of rotatable bonds is 6. The third kappa shape index (κ3) is 5.57. The maximum atomic E-state index is 12.9. The Kier molecular flexibility index (Phi) is 6.37. The average Bonchev–Trinajstić information content (AvgIpc) is 2.59. The highest BCUT2D eigenvalue weighted by atomic mass is 32.2. The summed E-state index contributed by atoms with van der Waals surface area (Å²) >= 11 is 0. The maximum absolute atomic E-state index is 12.9. The van der Waals surface area contributed by atoms with E-state index in [1.165, 1.54) is 7.11 Å². The number of amides is 1. The highest BCUT2D eigenvalue weighted by Crippen LogP contribution is 2.39. The summed E-state index contributed by atoms with van der Waals surface area (Å²) in [5.41, 5.74) is 3.09. The molecule has 0 aliphatic heterocycles. The average molecular weight is 418 g/mol. The molecule has 0 spiro atoms. The van der Waals surface area contributed by atoms with E-state index in [2.05, 4.69) is 21.7 Å². The number of aryl methyl sites for hydroxylation is 1. The summed E-state index contributed by atoms with van der Waals surface area (Å²) in [5.74, 6) is -0.143. The molecule has 2 rings (SSSR count). The maximum Gasteiger partial charge on any atom is 0.255 e. The predicted molar refractivity (Wildman–Crippen MR) is 119 cm³/mol. The number of carbonyl (C=O) groups excluding carboxylic acids is 1. The van der Waals surface area contributed by atoms with Crippen LogP contribution in [-0.2, 0) is 15.4 Å². The standard InChI is InChI=1S/C21H27N3O4S/c1-13-8-9-14(10-16(13)22-5)20(25)23-17-11-15(21(2,3)4)12-18(19(17)28-6)24-29(7,26)27/h8-12,24H,5H2,1-4,6-7H3,(H,23,25). The molecule has 0 unspecified atom stereocenters. The minimum Gasteiger partial charge on any atom is -0.492 e. The first-order valence-corrected chi connectivity index (χ1v) is 10.8. The predicted octanol–water partition coefficient (Wildman–Crippen LogP) is 4.26. The van der Waals surface area contributed by atoms with Gasteiger partial charge in [-0.15, -0.1) is 0 Å². The van der Waals surface area contributed by atoms with Crippen molar-refractivity contribution in [3.63, 3.8) is 0 Å². The number of anilines is 2. The molecule has 0 fully saturated rings. The van der Waals surface area contributed by atoms with Crippen LogP contribution >= 0.6 is 0 Å². The van der Waals surface area contributed by atoms with E-state index >= 15 is 0 Å². The number of hydrogen-bond acceptors (Lipinski definition) is 5. The van der Waals surface area contributed by atoms with Crippen molar-refractivity contribution in [2.75, 3.05) is 23.4 Å². The molecular weight excluding hydrogens is 390 g/mol. The van der Waals surface area contributed by atoms with Gasteiger partial charge in [-0.05, 0) is 54.4 Å². The molecule has 2 aromatic carbocycles. The molecule has 0 saturated carbocycles. The summed E-state index contributed by atoms with van der Waals surface area (Å²) in [4.78, 5) is 16.8. The molecular formula is C21H27N3O4S. The zero-order valence-electron chi connectivity index (χ0n) is 17.6. The van der Waals surface area contributed by atoms with E-state index in [0.29, 0.717) is 16.9 Å². The monoisotopic (exact) mass is 417 g/mol. The number of methoxy groups -OCH3 is 1. The van der Waals surface area contributed by atoms with Crippen molar-refractivity contribution in [3.05, 3.63) is 47.0 Å². The van der Waals surface area contributed by atoms with Crippen LogP contribution < -0.4 is 14.8 Å². The number of benzene rings is 2. The minimum absolute atomic E-state index is 0.228. The number of carbonyl (C=O) groups is 1. The molecule has 156 valence electrons. The topological polar surface area (TPSA) is 96.9 Å². The second-order valence-corrected chi connectivity index (χ2v) is 9.59. The molecule has 0 atom stereocenters. The van der Waals surface area contributed by atoms with Crippen molar-refractivity contribution in [1.82, 2.24) is 0 Å². The van der Waals surface area contributed by atoms with E-state index in [-0.39, 0.29) is 22.8 Å². The van der Waals surface area contributed by atoms with Crippen LogP contribution in [0.4, 0.5) is 17.1 Å². The van der Waals surface area contributed by atoms with Crippen LogP contribution in [0.3, 0.4) is 0 Å². The van der Waals surface area contributed by atoms with E-state index in [1.54, 1.807) is 30.3 Å². The van der Waals surface area contributed by atoms with Crippen LogP contribution in [0.1, 0.15) is 42.3 Å². The fourth-order valence-corrected chi connectivity index (χ4v) is 3.32.